The molecule has 0 radical (unpaired) electrons. The molecule has 94 valence electrons. The molecule has 0 spiro atoms. The summed E-state index contributed by atoms with van der Waals surface area (Å²) in [5, 5.41) is 4.62. The number of primary amides is 1. The van der Waals surface area contributed by atoms with E-state index in [1.165, 1.54) is 17.4 Å². The number of rotatable bonds is 4. The summed E-state index contributed by atoms with van der Waals surface area (Å²) in [5.41, 5.74) is 5.58. The van der Waals surface area contributed by atoms with Crippen LogP contribution in [0.15, 0.2) is 26.6 Å². The van der Waals surface area contributed by atoms with Gasteiger partial charge < -0.3 is 10.2 Å². The zero-order valence-electron chi connectivity index (χ0n) is 8.97. The Morgan fingerprint density at radius 1 is 1.50 bits per heavy atom. The van der Waals surface area contributed by atoms with Crippen molar-refractivity contribution in [2.24, 2.45) is 5.73 Å². The summed E-state index contributed by atoms with van der Waals surface area (Å²) in [5.74, 6) is -0.692. The Balaban J connectivity index is 2.03. The highest BCUT2D eigenvalue weighted by atomic mass is 79.9. The molecule has 2 aromatic rings. The van der Waals surface area contributed by atoms with Gasteiger partial charge in [0.2, 0.25) is 5.91 Å². The quantitative estimate of drug-likeness (QED) is 0.893. The molecule has 2 amide bonds. The van der Waals surface area contributed by atoms with Gasteiger partial charge in [0, 0.05) is 5.38 Å². The fourth-order valence-electron chi connectivity index (χ4n) is 1.22. The van der Waals surface area contributed by atoms with E-state index in [1.54, 1.807) is 11.4 Å². The van der Waals surface area contributed by atoms with Gasteiger partial charge >= 0.3 is 0 Å². The lowest BCUT2D eigenvalue weighted by molar-refractivity contribution is -0.117. The van der Waals surface area contributed by atoms with Crippen molar-refractivity contribution in [1.29, 1.82) is 0 Å². The lowest BCUT2D eigenvalue weighted by Crippen LogP contribution is -2.14. The molecule has 8 heteroatoms. The standard InChI is InChI=1S/C10H8BrN3O3S/c11-7-2-1-6(17-7)9(16)14-10-13-5(4-18-10)3-8(12)15/h1-2,4H,3H2,(H2,12,15)(H,13,14,16). The number of halogens is 1. The summed E-state index contributed by atoms with van der Waals surface area (Å²) < 4.78 is 5.57. The summed E-state index contributed by atoms with van der Waals surface area (Å²) >= 11 is 4.32. The first-order chi connectivity index (χ1) is 8.54. The van der Waals surface area contributed by atoms with Crippen LogP contribution in [0.2, 0.25) is 0 Å². The fourth-order valence-corrected chi connectivity index (χ4v) is 2.23. The normalized spacial score (nSPS) is 10.3. The Labute approximate surface area is 114 Å². The summed E-state index contributed by atoms with van der Waals surface area (Å²) in [6.45, 7) is 0. The molecule has 0 bridgehead atoms. The molecule has 6 nitrogen and oxygen atoms in total. The van der Waals surface area contributed by atoms with Gasteiger partial charge in [-0.25, -0.2) is 4.98 Å². The van der Waals surface area contributed by atoms with Crippen molar-refractivity contribution in [3.05, 3.63) is 33.6 Å². The number of amides is 2. The second-order valence-electron chi connectivity index (χ2n) is 3.34. The Morgan fingerprint density at radius 3 is 2.89 bits per heavy atom. The maximum absolute atomic E-state index is 11.7. The van der Waals surface area contributed by atoms with Crippen LogP contribution in [0, 0.1) is 0 Å². The molecule has 0 aliphatic carbocycles. The van der Waals surface area contributed by atoms with E-state index < -0.39 is 11.8 Å². The van der Waals surface area contributed by atoms with Crippen molar-refractivity contribution >= 4 is 44.2 Å². The monoisotopic (exact) mass is 329 g/mol. The van der Waals surface area contributed by atoms with E-state index in [0.29, 0.717) is 15.5 Å². The van der Waals surface area contributed by atoms with E-state index in [1.807, 2.05) is 0 Å². The number of nitrogens with zero attached hydrogens (tertiary/aromatic N) is 1. The Morgan fingerprint density at radius 2 is 2.28 bits per heavy atom. The van der Waals surface area contributed by atoms with Crippen LogP contribution >= 0.6 is 27.3 Å². The first kappa shape index (κ1) is 12.8. The van der Waals surface area contributed by atoms with E-state index in [2.05, 4.69) is 26.2 Å². The lowest BCUT2D eigenvalue weighted by atomic mass is 10.3. The number of thiazole rings is 1. The summed E-state index contributed by atoms with van der Waals surface area (Å²) in [7, 11) is 0. The summed E-state index contributed by atoms with van der Waals surface area (Å²) in [6, 6.07) is 3.16. The highest BCUT2D eigenvalue weighted by molar-refractivity contribution is 9.10. The molecule has 0 aliphatic heterocycles. The smallest absolute Gasteiger partial charge is 0.293 e. The molecule has 0 unspecified atom stereocenters. The first-order valence-corrected chi connectivity index (χ1v) is 6.51. The number of anilines is 1. The van der Waals surface area contributed by atoms with Crippen LogP contribution in [-0.4, -0.2) is 16.8 Å². The van der Waals surface area contributed by atoms with Crippen LogP contribution in [0.1, 0.15) is 16.2 Å². The molecule has 0 saturated heterocycles. The number of aromatic nitrogens is 1. The topological polar surface area (TPSA) is 98.2 Å². The molecule has 0 atom stereocenters. The SMILES string of the molecule is NC(=O)Cc1csc(NC(=O)c2ccc(Br)o2)n1. The minimum atomic E-state index is -0.465. The number of nitrogens with two attached hydrogens (primary N) is 1. The van der Waals surface area contributed by atoms with Crippen LogP contribution in [0.3, 0.4) is 0 Å². The molecule has 0 saturated carbocycles. The van der Waals surface area contributed by atoms with Crippen molar-refractivity contribution in [2.45, 2.75) is 6.42 Å². The largest absolute Gasteiger partial charge is 0.444 e. The van der Waals surface area contributed by atoms with Crippen molar-refractivity contribution in [1.82, 2.24) is 4.98 Å². The molecule has 2 aromatic heterocycles. The maximum atomic E-state index is 11.7. The average Bonchev–Trinajstić information content (AvgIpc) is 2.87. The van der Waals surface area contributed by atoms with Gasteiger partial charge in [0.25, 0.3) is 5.91 Å². The van der Waals surface area contributed by atoms with Gasteiger partial charge in [-0.3, -0.25) is 14.9 Å². The van der Waals surface area contributed by atoms with Crippen LogP contribution in [0.5, 0.6) is 0 Å². The van der Waals surface area contributed by atoms with Crippen LogP contribution in [0.25, 0.3) is 0 Å². The van der Waals surface area contributed by atoms with Gasteiger partial charge in [-0.05, 0) is 28.1 Å². The molecule has 2 rings (SSSR count). The zero-order valence-corrected chi connectivity index (χ0v) is 11.4. The minimum absolute atomic E-state index is 0.0542. The minimum Gasteiger partial charge on any atom is -0.444 e. The van der Waals surface area contributed by atoms with Gasteiger partial charge in [-0.1, -0.05) is 0 Å². The number of carbonyl (C=O) groups is 2. The Kier molecular flexibility index (Phi) is 3.78. The number of carbonyl (C=O) groups excluding carboxylic acids is 2. The lowest BCUT2D eigenvalue weighted by Gasteiger charge is -1.97. The van der Waals surface area contributed by atoms with Crippen LogP contribution < -0.4 is 11.1 Å². The van der Waals surface area contributed by atoms with Crippen molar-refractivity contribution in [3.8, 4) is 0 Å². The average molecular weight is 330 g/mol. The van der Waals surface area contributed by atoms with Gasteiger partial charge in [0.1, 0.15) is 0 Å². The number of hydrogen-bond acceptors (Lipinski definition) is 5. The molecule has 2 heterocycles. The summed E-state index contributed by atoms with van der Waals surface area (Å²) in [6.07, 6.45) is 0.0542. The van der Waals surface area contributed by atoms with E-state index >= 15 is 0 Å². The third-order valence-electron chi connectivity index (χ3n) is 1.92. The van der Waals surface area contributed by atoms with Gasteiger partial charge in [0.05, 0.1) is 12.1 Å². The third-order valence-corrected chi connectivity index (χ3v) is 3.16. The predicted octanol–water partition coefficient (Wildman–Crippen LogP) is 1.78. The van der Waals surface area contributed by atoms with Gasteiger partial charge in [-0.15, -0.1) is 11.3 Å². The predicted molar refractivity (Wildman–Crippen MR) is 69.4 cm³/mol. The zero-order chi connectivity index (χ0) is 13.1. The van der Waals surface area contributed by atoms with Crippen molar-refractivity contribution < 1.29 is 14.0 Å². The fraction of sp³-hybridized carbons (Fsp3) is 0.100. The highest BCUT2D eigenvalue weighted by Crippen LogP contribution is 2.19. The number of nitrogens with one attached hydrogen (secondary N) is 1. The molecule has 0 aromatic carbocycles. The van der Waals surface area contributed by atoms with Gasteiger partial charge in [0.15, 0.2) is 15.6 Å². The first-order valence-electron chi connectivity index (χ1n) is 4.84. The molecule has 3 N–H and O–H groups in total. The maximum Gasteiger partial charge on any atom is 0.293 e. The number of furan rings is 1. The van der Waals surface area contributed by atoms with E-state index in [0.717, 1.165) is 0 Å². The van der Waals surface area contributed by atoms with E-state index in [-0.39, 0.29) is 12.2 Å². The van der Waals surface area contributed by atoms with Crippen molar-refractivity contribution in [3.63, 3.8) is 0 Å². The third kappa shape index (κ3) is 3.17. The van der Waals surface area contributed by atoms with E-state index in [4.69, 9.17) is 10.2 Å². The molecule has 18 heavy (non-hydrogen) atoms. The molecule has 0 aliphatic rings. The van der Waals surface area contributed by atoms with Gasteiger partial charge in [-0.2, -0.15) is 0 Å². The highest BCUT2D eigenvalue weighted by Gasteiger charge is 2.13. The summed E-state index contributed by atoms with van der Waals surface area (Å²) in [4.78, 5) is 26.5. The molecular formula is C10H8BrN3O3S. The van der Waals surface area contributed by atoms with Crippen LogP contribution in [0.4, 0.5) is 5.13 Å². The van der Waals surface area contributed by atoms with Crippen molar-refractivity contribution in [2.75, 3.05) is 5.32 Å². The number of hydrogen-bond donors (Lipinski definition) is 2. The van der Waals surface area contributed by atoms with Crippen LogP contribution in [-0.2, 0) is 11.2 Å². The molecule has 0 fully saturated rings. The van der Waals surface area contributed by atoms with E-state index in [9.17, 15) is 9.59 Å². The Hall–Kier alpha value is -1.67. The molecular weight excluding hydrogens is 322 g/mol. The second-order valence-corrected chi connectivity index (χ2v) is 4.98. The second kappa shape index (κ2) is 5.32. The Bertz CT molecular complexity index is 593.